The lowest BCUT2D eigenvalue weighted by atomic mass is 9.81. The number of pyridine rings is 1. The van der Waals surface area contributed by atoms with E-state index in [1.165, 1.54) is 0 Å². The number of hydrogen-bond donors (Lipinski definition) is 3. The van der Waals surface area contributed by atoms with E-state index in [9.17, 15) is 9.59 Å². The van der Waals surface area contributed by atoms with Gasteiger partial charge in [-0.1, -0.05) is 30.3 Å². The van der Waals surface area contributed by atoms with Gasteiger partial charge >= 0.3 is 0 Å². The third-order valence-corrected chi connectivity index (χ3v) is 6.45. The number of carbonyl (C=O) groups is 2. The van der Waals surface area contributed by atoms with E-state index < -0.39 is 6.04 Å². The van der Waals surface area contributed by atoms with E-state index in [1.807, 2.05) is 54.6 Å². The van der Waals surface area contributed by atoms with Crippen LogP contribution < -0.4 is 21.1 Å². The summed E-state index contributed by atoms with van der Waals surface area (Å²) in [7, 11) is 0. The first kappa shape index (κ1) is 24.4. The summed E-state index contributed by atoms with van der Waals surface area (Å²) in [4.78, 5) is 30.3. The number of nitrogens with zero attached hydrogens (tertiary/aromatic N) is 1. The van der Waals surface area contributed by atoms with Crippen LogP contribution in [0.5, 0.6) is 11.5 Å². The molecule has 7 nitrogen and oxygen atoms in total. The van der Waals surface area contributed by atoms with Crippen LogP contribution in [0, 0.1) is 11.8 Å². The molecule has 182 valence electrons. The fourth-order valence-electron chi connectivity index (χ4n) is 4.42. The number of hydrogen-bond acceptors (Lipinski definition) is 5. The number of rotatable bonds is 9. The van der Waals surface area contributed by atoms with Crippen LogP contribution in [0.15, 0.2) is 79.1 Å². The normalized spacial score (nSPS) is 18.3. The highest BCUT2D eigenvalue weighted by Crippen LogP contribution is 2.28. The maximum Gasteiger partial charge on any atom is 0.247 e. The number of aromatic nitrogens is 1. The highest BCUT2D eigenvalue weighted by atomic mass is 16.5. The second-order valence-electron chi connectivity index (χ2n) is 9.01. The fourth-order valence-corrected chi connectivity index (χ4v) is 4.42. The zero-order valence-corrected chi connectivity index (χ0v) is 19.7. The zero-order valence-electron chi connectivity index (χ0n) is 19.7. The molecule has 1 aliphatic carbocycles. The van der Waals surface area contributed by atoms with Crippen molar-refractivity contribution in [1.82, 2.24) is 10.3 Å². The smallest absolute Gasteiger partial charge is 0.247 e. The third kappa shape index (κ3) is 7.13. The topological polar surface area (TPSA) is 106 Å². The summed E-state index contributed by atoms with van der Waals surface area (Å²) in [5.41, 5.74) is 7.32. The number of ether oxygens (including phenoxy) is 1. The van der Waals surface area contributed by atoms with Crippen LogP contribution in [0.3, 0.4) is 0 Å². The Morgan fingerprint density at radius 1 is 0.943 bits per heavy atom. The number of benzene rings is 2. The molecule has 7 heteroatoms. The Morgan fingerprint density at radius 2 is 1.66 bits per heavy atom. The highest BCUT2D eigenvalue weighted by Gasteiger charge is 2.29. The minimum Gasteiger partial charge on any atom is -0.457 e. The van der Waals surface area contributed by atoms with Gasteiger partial charge < -0.3 is 21.1 Å². The molecule has 2 amide bonds. The van der Waals surface area contributed by atoms with Gasteiger partial charge in [-0.25, -0.2) is 0 Å². The minimum atomic E-state index is -0.727. The number of nitrogens with one attached hydrogen (secondary N) is 2. The summed E-state index contributed by atoms with van der Waals surface area (Å²) < 4.78 is 5.95. The monoisotopic (exact) mass is 472 g/mol. The summed E-state index contributed by atoms with van der Waals surface area (Å²) in [6, 6.07) is 19.8. The van der Waals surface area contributed by atoms with Gasteiger partial charge in [0.15, 0.2) is 0 Å². The van der Waals surface area contributed by atoms with Crippen molar-refractivity contribution in [2.45, 2.75) is 38.1 Å². The molecule has 0 aliphatic heterocycles. The van der Waals surface area contributed by atoms with Crippen molar-refractivity contribution in [3.63, 3.8) is 0 Å². The van der Waals surface area contributed by atoms with Crippen molar-refractivity contribution in [3.05, 3.63) is 84.7 Å². The lowest BCUT2D eigenvalue weighted by Crippen LogP contribution is -2.48. The van der Waals surface area contributed by atoms with Gasteiger partial charge in [0.25, 0.3) is 0 Å². The lowest BCUT2D eigenvalue weighted by molar-refractivity contribution is -0.130. The van der Waals surface area contributed by atoms with Gasteiger partial charge in [-0.2, -0.15) is 0 Å². The number of anilines is 1. The molecule has 1 unspecified atom stereocenters. The molecule has 1 saturated carbocycles. The maximum absolute atomic E-state index is 13.2. The molecule has 1 aliphatic rings. The van der Waals surface area contributed by atoms with Crippen LogP contribution in [-0.4, -0.2) is 29.4 Å². The van der Waals surface area contributed by atoms with Gasteiger partial charge in [0.05, 0.1) is 0 Å². The predicted molar refractivity (Wildman–Crippen MR) is 136 cm³/mol. The second kappa shape index (κ2) is 12.1. The van der Waals surface area contributed by atoms with Gasteiger partial charge in [-0.3, -0.25) is 14.6 Å². The van der Waals surface area contributed by atoms with Crippen LogP contribution in [0.25, 0.3) is 0 Å². The van der Waals surface area contributed by atoms with Crippen LogP contribution in [0.2, 0.25) is 0 Å². The summed E-state index contributed by atoms with van der Waals surface area (Å²) in [5, 5.41) is 5.92. The molecule has 0 saturated heterocycles. The Labute approximate surface area is 206 Å². The van der Waals surface area contributed by atoms with E-state index in [4.69, 9.17) is 10.5 Å². The van der Waals surface area contributed by atoms with Gasteiger partial charge in [-0.15, -0.1) is 0 Å². The maximum atomic E-state index is 13.2. The molecule has 0 bridgehead atoms. The summed E-state index contributed by atoms with van der Waals surface area (Å²) in [5.74, 6) is 1.45. The second-order valence-corrected chi connectivity index (χ2v) is 9.01. The molecule has 1 atom stereocenters. The molecule has 2 aromatic carbocycles. The van der Waals surface area contributed by atoms with E-state index in [-0.39, 0.29) is 17.7 Å². The molecular formula is C28H32N4O3. The van der Waals surface area contributed by atoms with Gasteiger partial charge in [-0.05, 0) is 80.1 Å². The quantitative estimate of drug-likeness (QED) is 0.430. The first-order chi connectivity index (χ1) is 17.1. The van der Waals surface area contributed by atoms with Crippen molar-refractivity contribution >= 4 is 17.5 Å². The van der Waals surface area contributed by atoms with Crippen LogP contribution >= 0.6 is 0 Å². The Balaban J connectivity index is 1.47. The van der Waals surface area contributed by atoms with Crippen LogP contribution in [0.4, 0.5) is 5.69 Å². The first-order valence-corrected chi connectivity index (χ1v) is 12.1. The summed E-state index contributed by atoms with van der Waals surface area (Å²) in [6.45, 7) is 0.659. The van der Waals surface area contributed by atoms with Crippen LogP contribution in [0.1, 0.15) is 31.2 Å². The lowest BCUT2D eigenvalue weighted by Gasteiger charge is -2.28. The highest BCUT2D eigenvalue weighted by molar-refractivity contribution is 5.97. The number of carbonyl (C=O) groups excluding carboxylic acids is 2. The van der Waals surface area contributed by atoms with E-state index in [0.717, 1.165) is 37.0 Å². The molecule has 0 radical (unpaired) electrons. The van der Waals surface area contributed by atoms with E-state index in [0.29, 0.717) is 30.3 Å². The molecule has 1 heterocycles. The SMILES string of the molecule is NC[C@H]1CC[C@H](C(=O)NC(Cc2cccc(Oc3ccccc3)c2)C(=O)Nc2ccncc2)CC1. The minimum absolute atomic E-state index is 0.0768. The Morgan fingerprint density at radius 3 is 2.37 bits per heavy atom. The number of amides is 2. The van der Waals surface area contributed by atoms with Crippen molar-refractivity contribution in [2.24, 2.45) is 17.6 Å². The Kier molecular flexibility index (Phi) is 8.46. The Bertz CT molecular complexity index is 1100. The van der Waals surface area contributed by atoms with Gasteiger partial charge in [0.1, 0.15) is 17.5 Å². The standard InChI is InChI=1S/C28H32N4O3/c29-19-20-9-11-22(12-10-20)27(33)32-26(28(34)31-23-13-15-30-16-14-23)18-21-5-4-8-25(17-21)35-24-6-2-1-3-7-24/h1-8,13-17,20,22,26H,9-12,18-19,29H2,(H,32,33)(H,30,31,34)/t20-,22-,26?. The van der Waals surface area contributed by atoms with Crippen LogP contribution in [-0.2, 0) is 16.0 Å². The van der Waals surface area contributed by atoms with E-state index in [1.54, 1.807) is 24.5 Å². The average Bonchev–Trinajstić information content (AvgIpc) is 2.89. The van der Waals surface area contributed by atoms with Crippen molar-refractivity contribution in [1.29, 1.82) is 0 Å². The molecule has 35 heavy (non-hydrogen) atoms. The van der Waals surface area contributed by atoms with E-state index >= 15 is 0 Å². The first-order valence-electron chi connectivity index (χ1n) is 12.1. The molecule has 1 aromatic heterocycles. The molecule has 4 rings (SSSR count). The molecule has 1 fully saturated rings. The number of nitrogens with two attached hydrogens (primary N) is 1. The Hall–Kier alpha value is -3.71. The molecule has 4 N–H and O–H groups in total. The average molecular weight is 473 g/mol. The predicted octanol–water partition coefficient (Wildman–Crippen LogP) is 4.31. The molecular weight excluding hydrogens is 440 g/mol. The van der Waals surface area contributed by atoms with Gasteiger partial charge in [0.2, 0.25) is 11.8 Å². The molecule has 3 aromatic rings. The zero-order chi connectivity index (χ0) is 24.5. The summed E-state index contributed by atoms with van der Waals surface area (Å²) >= 11 is 0. The van der Waals surface area contributed by atoms with Crippen molar-refractivity contribution in [3.8, 4) is 11.5 Å². The van der Waals surface area contributed by atoms with Gasteiger partial charge in [0, 0.05) is 30.4 Å². The largest absolute Gasteiger partial charge is 0.457 e. The summed E-state index contributed by atoms with van der Waals surface area (Å²) in [6.07, 6.45) is 7.06. The molecule has 0 spiro atoms. The fraction of sp³-hybridized carbons (Fsp3) is 0.321. The van der Waals surface area contributed by atoms with Crippen molar-refractivity contribution < 1.29 is 14.3 Å². The number of para-hydroxylation sites is 1. The third-order valence-electron chi connectivity index (χ3n) is 6.45. The van der Waals surface area contributed by atoms with E-state index in [2.05, 4.69) is 15.6 Å². The van der Waals surface area contributed by atoms with Crippen molar-refractivity contribution in [2.75, 3.05) is 11.9 Å².